The molecule has 0 heterocycles. The fourth-order valence-electron chi connectivity index (χ4n) is 2.11. The van der Waals surface area contributed by atoms with Crippen LogP contribution in [0.5, 0.6) is 0 Å². The molecule has 0 radical (unpaired) electrons. The zero-order valence-corrected chi connectivity index (χ0v) is 12.2. The predicted octanol–water partition coefficient (Wildman–Crippen LogP) is 1.76. The minimum absolute atomic E-state index is 0.0103. The van der Waals surface area contributed by atoms with Crippen LogP contribution in [0.3, 0.4) is 0 Å². The summed E-state index contributed by atoms with van der Waals surface area (Å²) in [6.45, 7) is 5.24. The number of amides is 1. The van der Waals surface area contributed by atoms with Crippen molar-refractivity contribution in [1.29, 1.82) is 0 Å². The normalized spacial score (nSPS) is 12.4. The van der Waals surface area contributed by atoms with E-state index in [1.807, 2.05) is 0 Å². The summed E-state index contributed by atoms with van der Waals surface area (Å²) >= 11 is 0. The van der Waals surface area contributed by atoms with Gasteiger partial charge >= 0.3 is 5.97 Å². The van der Waals surface area contributed by atoms with Gasteiger partial charge in [0.1, 0.15) is 0 Å². The fraction of sp³-hybridized carbons (Fsp3) is 0.857. The first-order chi connectivity index (χ1) is 8.95. The van der Waals surface area contributed by atoms with Crippen molar-refractivity contribution in [2.45, 2.75) is 52.4 Å². The van der Waals surface area contributed by atoms with E-state index < -0.39 is 5.97 Å². The molecule has 0 saturated heterocycles. The van der Waals surface area contributed by atoms with Crippen molar-refractivity contribution in [1.82, 2.24) is 5.32 Å². The van der Waals surface area contributed by atoms with E-state index in [9.17, 15) is 9.59 Å². The number of hydrogen-bond donors (Lipinski definition) is 3. The molecule has 0 bridgehead atoms. The third-order valence-electron chi connectivity index (χ3n) is 2.96. The van der Waals surface area contributed by atoms with Gasteiger partial charge in [-0.1, -0.05) is 20.3 Å². The molecular formula is C14H28N2O3. The largest absolute Gasteiger partial charge is 0.481 e. The van der Waals surface area contributed by atoms with E-state index in [1.54, 1.807) is 0 Å². The van der Waals surface area contributed by atoms with Gasteiger partial charge in [-0.05, 0) is 37.6 Å². The van der Waals surface area contributed by atoms with Gasteiger partial charge in [0.05, 0.1) is 0 Å². The van der Waals surface area contributed by atoms with Crippen molar-refractivity contribution < 1.29 is 14.7 Å². The maximum atomic E-state index is 11.6. The van der Waals surface area contributed by atoms with Crippen LogP contribution in [-0.2, 0) is 9.59 Å². The number of hydrogen-bond acceptors (Lipinski definition) is 3. The molecule has 0 aliphatic carbocycles. The van der Waals surface area contributed by atoms with Gasteiger partial charge in [0, 0.05) is 19.4 Å². The second-order valence-electron chi connectivity index (χ2n) is 5.50. The van der Waals surface area contributed by atoms with Crippen molar-refractivity contribution >= 4 is 11.9 Å². The molecule has 0 spiro atoms. The van der Waals surface area contributed by atoms with Crippen molar-refractivity contribution in [3.05, 3.63) is 0 Å². The first-order valence-corrected chi connectivity index (χ1v) is 7.14. The molecule has 1 atom stereocenters. The molecule has 0 saturated carbocycles. The quantitative estimate of drug-likeness (QED) is 0.500. The molecule has 4 N–H and O–H groups in total. The van der Waals surface area contributed by atoms with Gasteiger partial charge in [-0.3, -0.25) is 9.59 Å². The van der Waals surface area contributed by atoms with Gasteiger partial charge in [-0.2, -0.15) is 0 Å². The maximum absolute atomic E-state index is 11.6. The van der Waals surface area contributed by atoms with E-state index in [0.29, 0.717) is 25.4 Å². The van der Waals surface area contributed by atoms with Crippen LogP contribution in [0.4, 0.5) is 0 Å². The lowest BCUT2D eigenvalue weighted by atomic mass is 9.94. The zero-order chi connectivity index (χ0) is 14.7. The highest BCUT2D eigenvalue weighted by Gasteiger charge is 2.15. The fourth-order valence-corrected chi connectivity index (χ4v) is 2.11. The van der Waals surface area contributed by atoms with E-state index in [2.05, 4.69) is 19.2 Å². The second kappa shape index (κ2) is 10.8. The second-order valence-corrected chi connectivity index (χ2v) is 5.50. The molecule has 0 aromatic heterocycles. The molecule has 19 heavy (non-hydrogen) atoms. The summed E-state index contributed by atoms with van der Waals surface area (Å²) in [5, 5.41) is 11.7. The highest BCUT2D eigenvalue weighted by molar-refractivity contribution is 5.75. The third-order valence-corrected chi connectivity index (χ3v) is 2.96. The molecule has 0 fully saturated rings. The van der Waals surface area contributed by atoms with Crippen LogP contribution >= 0.6 is 0 Å². The van der Waals surface area contributed by atoms with Crippen LogP contribution in [0.25, 0.3) is 0 Å². The highest BCUT2D eigenvalue weighted by atomic mass is 16.4. The van der Waals surface area contributed by atoms with E-state index >= 15 is 0 Å². The van der Waals surface area contributed by atoms with E-state index in [1.165, 1.54) is 0 Å². The first-order valence-electron chi connectivity index (χ1n) is 7.14. The van der Waals surface area contributed by atoms with Crippen molar-refractivity contribution in [2.24, 2.45) is 17.6 Å². The Bertz CT molecular complexity index is 267. The lowest BCUT2D eigenvalue weighted by Gasteiger charge is -2.17. The van der Waals surface area contributed by atoms with Gasteiger partial charge in [0.25, 0.3) is 0 Å². The molecule has 112 valence electrons. The minimum atomic E-state index is -0.803. The molecule has 0 rings (SSSR count). The Kier molecular flexibility index (Phi) is 10.2. The molecule has 5 heteroatoms. The molecule has 0 aliphatic rings. The Morgan fingerprint density at radius 2 is 1.89 bits per heavy atom. The van der Waals surface area contributed by atoms with Gasteiger partial charge < -0.3 is 16.2 Å². The van der Waals surface area contributed by atoms with E-state index in [0.717, 1.165) is 25.7 Å². The summed E-state index contributed by atoms with van der Waals surface area (Å²) in [5.41, 5.74) is 5.38. The summed E-state index contributed by atoms with van der Waals surface area (Å²) in [6.07, 6.45) is 4.19. The predicted molar refractivity (Wildman–Crippen MR) is 75.7 cm³/mol. The Hall–Kier alpha value is -1.10. The summed E-state index contributed by atoms with van der Waals surface area (Å²) in [5.74, 6) is -0.338. The average molecular weight is 272 g/mol. The Balaban J connectivity index is 3.88. The first kappa shape index (κ1) is 17.9. The lowest BCUT2D eigenvalue weighted by Crippen LogP contribution is -2.30. The van der Waals surface area contributed by atoms with Gasteiger partial charge in [-0.25, -0.2) is 0 Å². The summed E-state index contributed by atoms with van der Waals surface area (Å²) in [4.78, 5) is 22.3. The smallest absolute Gasteiger partial charge is 0.303 e. The van der Waals surface area contributed by atoms with E-state index in [4.69, 9.17) is 10.8 Å². The molecule has 0 aliphatic heterocycles. The van der Waals surface area contributed by atoms with Gasteiger partial charge in [0.2, 0.25) is 5.91 Å². The Morgan fingerprint density at radius 3 is 2.42 bits per heavy atom. The minimum Gasteiger partial charge on any atom is -0.481 e. The van der Waals surface area contributed by atoms with Crippen LogP contribution in [-0.4, -0.2) is 30.1 Å². The Labute approximate surface area is 115 Å². The number of unbranched alkanes of at least 4 members (excludes halogenated alkanes) is 2. The van der Waals surface area contributed by atoms with Crippen LogP contribution < -0.4 is 11.1 Å². The van der Waals surface area contributed by atoms with Crippen LogP contribution in [0.15, 0.2) is 0 Å². The van der Waals surface area contributed by atoms with Crippen molar-refractivity contribution in [3.8, 4) is 0 Å². The summed E-state index contributed by atoms with van der Waals surface area (Å²) in [6, 6.07) is 0. The van der Waals surface area contributed by atoms with Crippen LogP contribution in [0.1, 0.15) is 52.4 Å². The molecule has 1 unspecified atom stereocenters. The Morgan fingerprint density at radius 1 is 1.21 bits per heavy atom. The van der Waals surface area contributed by atoms with Gasteiger partial charge in [0.15, 0.2) is 0 Å². The van der Waals surface area contributed by atoms with Crippen LogP contribution in [0, 0.1) is 11.8 Å². The zero-order valence-electron chi connectivity index (χ0n) is 12.2. The van der Waals surface area contributed by atoms with Crippen LogP contribution in [0.2, 0.25) is 0 Å². The number of carbonyl (C=O) groups excluding carboxylic acids is 1. The number of carboxylic acid groups (broad SMARTS) is 1. The number of rotatable bonds is 11. The lowest BCUT2D eigenvalue weighted by molar-refractivity contribution is -0.138. The number of carboxylic acids is 1. The number of aliphatic carboxylic acids is 1. The average Bonchev–Trinajstić information content (AvgIpc) is 2.30. The number of nitrogens with one attached hydrogen (secondary N) is 1. The standard InChI is InChI=1S/C14H28N2O3/c1-11(2)8-12(9-14(18)19)10-16-13(17)6-4-3-5-7-15/h11-12H,3-10,15H2,1-2H3,(H,16,17)(H,18,19). The summed E-state index contributed by atoms with van der Waals surface area (Å²) < 4.78 is 0. The highest BCUT2D eigenvalue weighted by Crippen LogP contribution is 2.14. The van der Waals surface area contributed by atoms with Crippen molar-refractivity contribution in [2.75, 3.05) is 13.1 Å². The number of nitrogens with two attached hydrogens (primary N) is 1. The SMILES string of the molecule is CC(C)CC(CNC(=O)CCCCCN)CC(=O)O. The topological polar surface area (TPSA) is 92.4 Å². The third kappa shape index (κ3) is 11.7. The maximum Gasteiger partial charge on any atom is 0.303 e. The molecule has 1 amide bonds. The molecule has 0 aromatic rings. The van der Waals surface area contributed by atoms with Gasteiger partial charge in [-0.15, -0.1) is 0 Å². The summed E-state index contributed by atoms with van der Waals surface area (Å²) in [7, 11) is 0. The molecular weight excluding hydrogens is 244 g/mol. The number of carbonyl (C=O) groups is 2. The van der Waals surface area contributed by atoms with E-state index in [-0.39, 0.29) is 18.2 Å². The monoisotopic (exact) mass is 272 g/mol. The molecule has 5 nitrogen and oxygen atoms in total. The molecule has 0 aromatic carbocycles. The van der Waals surface area contributed by atoms with Crippen molar-refractivity contribution in [3.63, 3.8) is 0 Å².